The number of nitrogens with zero attached hydrogens (tertiary/aromatic N) is 5. The largest absolute Gasteiger partial charge is 0.240 e. The van der Waals surface area contributed by atoms with Gasteiger partial charge in [0.2, 0.25) is 5.16 Å². The summed E-state index contributed by atoms with van der Waals surface area (Å²) in [6.07, 6.45) is 0. The number of rotatable bonds is 5. The summed E-state index contributed by atoms with van der Waals surface area (Å²) in [5.41, 5.74) is 2.66. The topological polar surface area (TPSA) is 56.5 Å². The molecule has 0 saturated heterocycles. The fourth-order valence-corrected chi connectivity index (χ4v) is 4.09. The summed E-state index contributed by atoms with van der Waals surface area (Å²) >= 11 is 8.94. The smallest absolute Gasteiger partial charge is 0.214 e. The second-order valence-electron chi connectivity index (χ2n) is 5.29. The van der Waals surface area contributed by atoms with E-state index in [0.29, 0.717) is 15.9 Å². The molecule has 130 valence electrons. The summed E-state index contributed by atoms with van der Waals surface area (Å²) < 4.78 is 14.7. The zero-order valence-electron chi connectivity index (χ0n) is 13.2. The predicted octanol–water partition coefficient (Wildman–Crippen LogP) is 4.87. The van der Waals surface area contributed by atoms with Crippen molar-refractivity contribution in [3.05, 3.63) is 70.4 Å². The van der Waals surface area contributed by atoms with Crippen molar-refractivity contribution in [1.82, 2.24) is 25.2 Å². The Hall–Kier alpha value is -2.29. The average molecular weight is 404 g/mol. The molecule has 0 aliphatic carbocycles. The van der Waals surface area contributed by atoms with Crippen LogP contribution in [0.25, 0.3) is 16.3 Å². The van der Waals surface area contributed by atoms with Gasteiger partial charge in [0.25, 0.3) is 0 Å². The minimum atomic E-state index is -0.255. The van der Waals surface area contributed by atoms with E-state index in [4.69, 9.17) is 11.6 Å². The number of benzene rings is 2. The van der Waals surface area contributed by atoms with E-state index in [9.17, 15) is 4.39 Å². The van der Waals surface area contributed by atoms with Crippen LogP contribution in [0, 0.1) is 5.82 Å². The highest BCUT2D eigenvalue weighted by atomic mass is 35.5. The fourth-order valence-electron chi connectivity index (χ4n) is 2.25. The highest BCUT2D eigenvalue weighted by molar-refractivity contribution is 7.98. The molecule has 4 aromatic rings. The monoisotopic (exact) mass is 403 g/mol. The summed E-state index contributed by atoms with van der Waals surface area (Å²) in [6.45, 7) is 0. The fraction of sp³-hybridized carbons (Fsp3) is 0.0588. The van der Waals surface area contributed by atoms with Gasteiger partial charge < -0.3 is 0 Å². The first-order valence-electron chi connectivity index (χ1n) is 7.56. The van der Waals surface area contributed by atoms with Gasteiger partial charge in [0.05, 0.1) is 11.4 Å². The normalized spacial score (nSPS) is 11.0. The lowest BCUT2D eigenvalue weighted by molar-refractivity contribution is 0.628. The van der Waals surface area contributed by atoms with Gasteiger partial charge in [-0.15, -0.1) is 16.4 Å². The van der Waals surface area contributed by atoms with Crippen LogP contribution in [0.3, 0.4) is 0 Å². The Balaban J connectivity index is 1.48. The Morgan fingerprint density at radius 2 is 1.85 bits per heavy atom. The molecule has 9 heteroatoms. The summed E-state index contributed by atoms with van der Waals surface area (Å²) in [4.78, 5) is 4.60. The van der Waals surface area contributed by atoms with Crippen LogP contribution in [0.1, 0.15) is 5.69 Å². The third-order valence-corrected chi connectivity index (χ3v) is 5.65. The minimum Gasteiger partial charge on any atom is -0.240 e. The number of hydrogen-bond acceptors (Lipinski definition) is 6. The molecule has 4 rings (SSSR count). The number of aromatic nitrogens is 5. The van der Waals surface area contributed by atoms with E-state index in [1.165, 1.54) is 35.2 Å². The van der Waals surface area contributed by atoms with Crippen LogP contribution in [0.4, 0.5) is 4.39 Å². The average Bonchev–Trinajstić information content (AvgIpc) is 3.30. The van der Waals surface area contributed by atoms with Crippen molar-refractivity contribution in [2.45, 2.75) is 10.9 Å². The molecule has 2 aromatic heterocycles. The molecule has 0 bridgehead atoms. The molecule has 26 heavy (non-hydrogen) atoms. The maximum Gasteiger partial charge on any atom is 0.214 e. The number of thiazole rings is 1. The standard InChI is InChI=1S/C17H11ClFN5S2/c18-12-3-7-15(8-4-12)24-17(21-22-23-24)26-10-14-9-25-16(20-14)11-1-5-13(19)6-2-11/h1-9H,10H2. The maximum absolute atomic E-state index is 13.0. The zero-order chi connectivity index (χ0) is 17.9. The molecule has 0 N–H and O–H groups in total. The van der Waals surface area contributed by atoms with E-state index >= 15 is 0 Å². The van der Waals surface area contributed by atoms with Gasteiger partial charge in [-0.05, 0) is 59.0 Å². The van der Waals surface area contributed by atoms with Crippen LogP contribution in [0.15, 0.2) is 59.1 Å². The van der Waals surface area contributed by atoms with Gasteiger partial charge in [-0.3, -0.25) is 0 Å². The van der Waals surface area contributed by atoms with E-state index in [1.54, 1.807) is 28.9 Å². The Bertz CT molecular complexity index is 1010. The van der Waals surface area contributed by atoms with Crippen LogP contribution in [0.5, 0.6) is 0 Å². The number of thioether (sulfide) groups is 1. The summed E-state index contributed by atoms with van der Waals surface area (Å²) in [5.74, 6) is 0.376. The third-order valence-electron chi connectivity index (χ3n) is 3.50. The first-order chi connectivity index (χ1) is 12.7. The van der Waals surface area contributed by atoms with Crippen LogP contribution < -0.4 is 0 Å². The molecular weight excluding hydrogens is 393 g/mol. The lowest BCUT2D eigenvalue weighted by atomic mass is 10.2. The predicted molar refractivity (Wildman–Crippen MR) is 101 cm³/mol. The molecule has 0 aliphatic heterocycles. The van der Waals surface area contributed by atoms with Crippen molar-refractivity contribution in [3.63, 3.8) is 0 Å². The molecule has 0 aliphatic rings. The van der Waals surface area contributed by atoms with E-state index in [0.717, 1.165) is 22.0 Å². The van der Waals surface area contributed by atoms with Gasteiger partial charge >= 0.3 is 0 Å². The van der Waals surface area contributed by atoms with Crippen LogP contribution in [-0.4, -0.2) is 25.2 Å². The Kier molecular flexibility index (Phi) is 4.96. The van der Waals surface area contributed by atoms with Crippen LogP contribution in [-0.2, 0) is 5.75 Å². The molecule has 0 saturated carbocycles. The summed E-state index contributed by atoms with van der Waals surface area (Å²) in [7, 11) is 0. The molecule has 0 fully saturated rings. The Labute approximate surface area is 161 Å². The minimum absolute atomic E-state index is 0.255. The molecule has 0 radical (unpaired) electrons. The number of halogens is 2. The first-order valence-corrected chi connectivity index (χ1v) is 9.81. The summed E-state index contributed by atoms with van der Waals surface area (Å²) in [5, 5.41) is 16.0. The zero-order valence-corrected chi connectivity index (χ0v) is 15.6. The van der Waals surface area contributed by atoms with Crippen LogP contribution in [0.2, 0.25) is 5.02 Å². The molecule has 0 unspecified atom stereocenters. The highest BCUT2D eigenvalue weighted by Gasteiger charge is 2.11. The van der Waals surface area contributed by atoms with E-state index in [1.807, 2.05) is 17.5 Å². The quantitative estimate of drug-likeness (QED) is 0.445. The lowest BCUT2D eigenvalue weighted by Gasteiger charge is -2.03. The Morgan fingerprint density at radius 3 is 2.62 bits per heavy atom. The van der Waals surface area contributed by atoms with E-state index in [-0.39, 0.29) is 5.82 Å². The van der Waals surface area contributed by atoms with Gasteiger partial charge in [-0.25, -0.2) is 9.37 Å². The molecule has 5 nitrogen and oxygen atoms in total. The molecule has 2 aromatic carbocycles. The molecule has 0 spiro atoms. The second kappa shape index (κ2) is 7.53. The Morgan fingerprint density at radius 1 is 1.08 bits per heavy atom. The van der Waals surface area contributed by atoms with Crippen molar-refractivity contribution < 1.29 is 4.39 Å². The van der Waals surface area contributed by atoms with Gasteiger partial charge in [-0.2, -0.15) is 4.68 Å². The van der Waals surface area contributed by atoms with Gasteiger partial charge in [-0.1, -0.05) is 23.4 Å². The second-order valence-corrected chi connectivity index (χ2v) is 7.53. The first kappa shape index (κ1) is 17.1. The van der Waals surface area contributed by atoms with Crippen molar-refractivity contribution in [1.29, 1.82) is 0 Å². The number of tetrazole rings is 1. The van der Waals surface area contributed by atoms with E-state index < -0.39 is 0 Å². The highest BCUT2D eigenvalue weighted by Crippen LogP contribution is 2.28. The SMILES string of the molecule is Fc1ccc(-c2nc(CSc3nnnn3-c3ccc(Cl)cc3)cs2)cc1. The van der Waals surface area contributed by atoms with E-state index in [2.05, 4.69) is 20.5 Å². The van der Waals surface area contributed by atoms with Gasteiger partial charge in [0.1, 0.15) is 10.8 Å². The van der Waals surface area contributed by atoms with Gasteiger partial charge in [0, 0.05) is 21.7 Å². The van der Waals surface area contributed by atoms with Crippen molar-refractivity contribution in [2.24, 2.45) is 0 Å². The summed E-state index contributed by atoms with van der Waals surface area (Å²) in [6, 6.07) is 13.6. The van der Waals surface area contributed by atoms with Crippen LogP contribution >= 0.6 is 34.7 Å². The molecular formula is C17H11ClFN5S2. The van der Waals surface area contributed by atoms with Crippen molar-refractivity contribution >= 4 is 34.7 Å². The molecule has 2 heterocycles. The van der Waals surface area contributed by atoms with Crippen molar-refractivity contribution in [2.75, 3.05) is 0 Å². The van der Waals surface area contributed by atoms with Gasteiger partial charge in [0.15, 0.2) is 0 Å². The van der Waals surface area contributed by atoms with Crippen molar-refractivity contribution in [3.8, 4) is 16.3 Å². The lowest BCUT2D eigenvalue weighted by Crippen LogP contribution is -1.98. The molecule has 0 amide bonds. The molecule has 0 atom stereocenters. The maximum atomic E-state index is 13.0. The third kappa shape index (κ3) is 3.77. The number of hydrogen-bond donors (Lipinski definition) is 0.